The van der Waals surface area contributed by atoms with Gasteiger partial charge in [-0.05, 0) is 19.8 Å². The minimum atomic E-state index is -1.31. The monoisotopic (exact) mass is 582 g/mol. The molecule has 0 spiro atoms. The second kappa shape index (κ2) is 19.0. The van der Waals surface area contributed by atoms with Gasteiger partial charge in [0, 0.05) is 30.4 Å². The topological polar surface area (TPSA) is 280 Å². The highest BCUT2D eigenvalue weighted by Crippen LogP contribution is 2.23. The van der Waals surface area contributed by atoms with Crippen LogP contribution < -0.4 is 32.7 Å². The number of hydrogen-bond donors (Lipinski definition) is 9. The molecule has 0 aliphatic heterocycles. The Kier molecular flexibility index (Phi) is 17.5. The zero-order valence-electron chi connectivity index (χ0n) is 20.6. The van der Waals surface area contributed by atoms with Gasteiger partial charge in [-0.1, -0.05) is 21.6 Å². The molecule has 18 heteroatoms. The molecule has 4 unspecified atom stereocenters. The predicted molar refractivity (Wildman–Crippen MR) is 138 cm³/mol. The number of carbonyl (C=O) groups is 7. The Morgan fingerprint density at radius 3 is 1.45 bits per heavy atom. The Bertz CT molecular complexity index is 860. The number of carbonyl (C=O) groups excluding carboxylic acids is 4. The zero-order chi connectivity index (χ0) is 29.3. The Hall–Kier alpha value is -3.09. The summed E-state index contributed by atoms with van der Waals surface area (Å²) in [6.45, 7) is 0.345. The van der Waals surface area contributed by atoms with Crippen LogP contribution in [0.3, 0.4) is 0 Å². The lowest BCUT2D eigenvalue weighted by Crippen LogP contribution is -2.50. The van der Waals surface area contributed by atoms with E-state index in [2.05, 4.69) is 21.3 Å². The van der Waals surface area contributed by atoms with Crippen LogP contribution in [0.15, 0.2) is 0 Å². The molecule has 0 aliphatic rings. The molecule has 0 saturated heterocycles. The number of aliphatic carboxylic acids is 3. The Morgan fingerprint density at radius 1 is 0.711 bits per heavy atom. The van der Waals surface area contributed by atoms with E-state index in [1.54, 1.807) is 6.92 Å². The van der Waals surface area contributed by atoms with Gasteiger partial charge < -0.3 is 48.1 Å². The van der Waals surface area contributed by atoms with Crippen molar-refractivity contribution in [1.29, 1.82) is 0 Å². The highest BCUT2D eigenvalue weighted by Gasteiger charge is 2.25. The molecule has 0 heterocycles. The minimum absolute atomic E-state index is 0.0368. The molecular formula is C20H34N6O10S2. The SMILES string of the molecule is CC(N)CCC(=O)NC(CSSCC(NC(=O)CCC(N)C(=O)O)C(=O)NCC(=O)O)C(=O)NCC(=O)O. The van der Waals surface area contributed by atoms with E-state index < -0.39 is 72.8 Å². The lowest BCUT2D eigenvalue weighted by molar-refractivity contribution is -0.139. The summed E-state index contributed by atoms with van der Waals surface area (Å²) < 4.78 is 0. The van der Waals surface area contributed by atoms with Gasteiger partial charge in [-0.25, -0.2) is 0 Å². The van der Waals surface area contributed by atoms with Crippen molar-refractivity contribution in [1.82, 2.24) is 21.3 Å². The normalized spacial score (nSPS) is 13.8. The largest absolute Gasteiger partial charge is 0.480 e. The molecule has 38 heavy (non-hydrogen) atoms. The zero-order valence-corrected chi connectivity index (χ0v) is 22.3. The van der Waals surface area contributed by atoms with E-state index in [4.69, 9.17) is 26.8 Å². The molecule has 0 aliphatic carbocycles. The summed E-state index contributed by atoms with van der Waals surface area (Å²) in [5, 5.41) is 35.6. The van der Waals surface area contributed by atoms with Crippen LogP contribution in [0, 0.1) is 0 Å². The highest BCUT2D eigenvalue weighted by molar-refractivity contribution is 8.76. The average molecular weight is 583 g/mol. The van der Waals surface area contributed by atoms with E-state index in [1.807, 2.05) is 0 Å². The van der Waals surface area contributed by atoms with Crippen molar-refractivity contribution in [2.75, 3.05) is 24.6 Å². The smallest absolute Gasteiger partial charge is 0.322 e. The molecule has 0 aromatic rings. The van der Waals surface area contributed by atoms with Gasteiger partial charge in [0.2, 0.25) is 23.6 Å². The number of rotatable bonds is 20. The van der Waals surface area contributed by atoms with Crippen LogP contribution in [-0.2, 0) is 33.6 Å². The molecule has 11 N–H and O–H groups in total. The lowest BCUT2D eigenvalue weighted by atomic mass is 10.1. The summed E-state index contributed by atoms with van der Waals surface area (Å²) in [5.74, 6) is -6.72. The predicted octanol–water partition coefficient (Wildman–Crippen LogP) is -2.94. The molecule has 0 rings (SSSR count). The second-order valence-corrected chi connectivity index (χ2v) is 10.6. The fraction of sp³-hybridized carbons (Fsp3) is 0.650. The maximum Gasteiger partial charge on any atom is 0.322 e. The Morgan fingerprint density at radius 2 is 1.11 bits per heavy atom. The van der Waals surface area contributed by atoms with E-state index in [0.29, 0.717) is 6.42 Å². The molecule has 0 aromatic heterocycles. The van der Waals surface area contributed by atoms with Crippen molar-refractivity contribution in [3.63, 3.8) is 0 Å². The van der Waals surface area contributed by atoms with Crippen molar-refractivity contribution in [2.24, 2.45) is 11.5 Å². The molecule has 216 valence electrons. The first-order chi connectivity index (χ1) is 17.7. The van der Waals surface area contributed by atoms with Crippen LogP contribution in [0.2, 0.25) is 0 Å². The number of nitrogens with one attached hydrogen (secondary N) is 4. The van der Waals surface area contributed by atoms with Gasteiger partial charge in [0.05, 0.1) is 0 Å². The number of carboxylic acids is 3. The van der Waals surface area contributed by atoms with Crippen LogP contribution in [0.1, 0.15) is 32.6 Å². The molecule has 0 saturated carbocycles. The Labute approximate surface area is 226 Å². The molecule has 4 atom stereocenters. The first-order valence-electron chi connectivity index (χ1n) is 11.3. The number of nitrogens with two attached hydrogens (primary N) is 2. The van der Waals surface area contributed by atoms with E-state index >= 15 is 0 Å². The third-order valence-electron chi connectivity index (χ3n) is 4.51. The maximum absolute atomic E-state index is 12.4. The summed E-state index contributed by atoms with van der Waals surface area (Å²) >= 11 is 0. The van der Waals surface area contributed by atoms with Crippen molar-refractivity contribution in [2.45, 2.75) is 56.8 Å². The molecule has 4 amide bonds. The number of amides is 4. The van der Waals surface area contributed by atoms with E-state index in [0.717, 1.165) is 21.6 Å². The molecule has 0 fully saturated rings. The fourth-order valence-corrected chi connectivity index (χ4v) is 4.80. The molecular weight excluding hydrogens is 548 g/mol. The number of carboxylic acid groups (broad SMARTS) is 3. The van der Waals surface area contributed by atoms with Crippen molar-refractivity contribution in [3.05, 3.63) is 0 Å². The van der Waals surface area contributed by atoms with Gasteiger partial charge >= 0.3 is 17.9 Å². The lowest BCUT2D eigenvalue weighted by Gasteiger charge is -2.20. The van der Waals surface area contributed by atoms with E-state index in [-0.39, 0.29) is 36.8 Å². The van der Waals surface area contributed by atoms with E-state index in [9.17, 15) is 33.6 Å². The van der Waals surface area contributed by atoms with Gasteiger partial charge in [-0.2, -0.15) is 0 Å². The summed E-state index contributed by atoms with van der Waals surface area (Å²) in [4.78, 5) is 81.4. The van der Waals surface area contributed by atoms with Gasteiger partial charge in [-0.15, -0.1) is 0 Å². The van der Waals surface area contributed by atoms with E-state index in [1.165, 1.54) is 0 Å². The number of hydrogen-bond acceptors (Lipinski definition) is 11. The fourth-order valence-electron chi connectivity index (χ4n) is 2.47. The molecule has 0 aromatic carbocycles. The first kappa shape index (κ1) is 34.9. The summed E-state index contributed by atoms with van der Waals surface area (Å²) in [6.07, 6.45) is -0.0848. The summed E-state index contributed by atoms with van der Waals surface area (Å²) in [5.41, 5.74) is 11.0. The quantitative estimate of drug-likeness (QED) is 0.0513. The second-order valence-electron chi connectivity index (χ2n) is 8.03. The van der Waals surface area contributed by atoms with Gasteiger partial charge in [0.1, 0.15) is 31.2 Å². The van der Waals surface area contributed by atoms with Crippen molar-refractivity contribution < 1.29 is 48.9 Å². The molecule has 0 bridgehead atoms. The Balaban J connectivity index is 5.11. The standard InChI is InChI=1S/C20H34N6O10S2/c1-10(21)2-4-14(27)25-12(18(33)23-6-16(29)30)8-37-38-9-13(19(34)24-7-17(31)32)26-15(28)5-3-11(22)20(35)36/h10-13H,2-9,21-22H2,1H3,(H,23,33)(H,24,34)(H,25,27)(H,26,28)(H,29,30)(H,31,32)(H,35,36). The minimum Gasteiger partial charge on any atom is -0.480 e. The van der Waals surface area contributed by atoms with Crippen LogP contribution in [0.25, 0.3) is 0 Å². The highest BCUT2D eigenvalue weighted by atomic mass is 33.1. The van der Waals surface area contributed by atoms with Crippen molar-refractivity contribution in [3.8, 4) is 0 Å². The van der Waals surface area contributed by atoms with Crippen LogP contribution in [0.5, 0.6) is 0 Å². The average Bonchev–Trinajstić information content (AvgIpc) is 2.83. The van der Waals surface area contributed by atoms with Crippen LogP contribution >= 0.6 is 21.6 Å². The third-order valence-corrected chi connectivity index (χ3v) is 6.93. The summed E-state index contributed by atoms with van der Waals surface area (Å²) in [7, 11) is 2.05. The van der Waals surface area contributed by atoms with Gasteiger partial charge in [0.15, 0.2) is 0 Å². The molecule has 0 radical (unpaired) electrons. The summed E-state index contributed by atoms with van der Waals surface area (Å²) in [6, 6.07) is -3.85. The van der Waals surface area contributed by atoms with Gasteiger partial charge in [0.25, 0.3) is 0 Å². The van der Waals surface area contributed by atoms with Crippen LogP contribution in [-0.4, -0.2) is 106 Å². The van der Waals surface area contributed by atoms with Crippen molar-refractivity contribution >= 4 is 63.1 Å². The maximum atomic E-state index is 12.4. The third kappa shape index (κ3) is 17.4. The van der Waals surface area contributed by atoms with Gasteiger partial charge in [-0.3, -0.25) is 33.6 Å². The van der Waals surface area contributed by atoms with Crippen LogP contribution in [0.4, 0.5) is 0 Å². The molecule has 16 nitrogen and oxygen atoms in total. The first-order valence-corrected chi connectivity index (χ1v) is 13.8.